The molecule has 0 spiro atoms. The van der Waals surface area contributed by atoms with Crippen LogP contribution in [0.2, 0.25) is 10.0 Å². The fourth-order valence-corrected chi connectivity index (χ4v) is 3.05. The van der Waals surface area contributed by atoms with E-state index in [2.05, 4.69) is 20.3 Å². The van der Waals surface area contributed by atoms with Crippen molar-refractivity contribution in [2.45, 2.75) is 0 Å². The van der Waals surface area contributed by atoms with Crippen molar-refractivity contribution in [2.24, 2.45) is 0 Å². The topological polar surface area (TPSA) is 70.7 Å². The number of carbonyl (C=O) groups excluding carboxylic acids is 1. The van der Waals surface area contributed by atoms with Crippen LogP contribution in [-0.4, -0.2) is 20.9 Å². The number of H-pyrrole nitrogens is 1. The molecule has 1 aromatic carbocycles. The summed E-state index contributed by atoms with van der Waals surface area (Å²) in [6.07, 6.45) is 3.40. The number of hydrogen-bond donors (Lipinski definition) is 2. The standard InChI is InChI=1S/C19H12Cl2N4O.2H2/c20-11-8-13-14(10-23-18(13)22-9-11)16-6-3-7-17(24-16)25-19(26)12-4-1-2-5-15(12)21;;/h1-10H,(H,22,23)(H,24,25,26);2*1H. The Morgan fingerprint density at radius 3 is 2.81 bits per heavy atom. The smallest absolute Gasteiger partial charge is 0.258 e. The van der Waals surface area contributed by atoms with Gasteiger partial charge in [-0.3, -0.25) is 4.79 Å². The summed E-state index contributed by atoms with van der Waals surface area (Å²) in [4.78, 5) is 24.3. The van der Waals surface area contributed by atoms with Crippen LogP contribution in [0.1, 0.15) is 13.2 Å². The molecule has 0 atom stereocenters. The van der Waals surface area contributed by atoms with E-state index in [9.17, 15) is 4.79 Å². The molecule has 0 bridgehead atoms. The van der Waals surface area contributed by atoms with Gasteiger partial charge in [0, 0.05) is 26.2 Å². The number of carbonyl (C=O) groups is 1. The summed E-state index contributed by atoms with van der Waals surface area (Å²) in [6, 6.07) is 14.1. The molecule has 5 nitrogen and oxygen atoms in total. The summed E-state index contributed by atoms with van der Waals surface area (Å²) in [5.41, 5.74) is 2.65. The number of nitrogens with one attached hydrogen (secondary N) is 2. The number of hydrogen-bond acceptors (Lipinski definition) is 3. The molecule has 2 N–H and O–H groups in total. The minimum atomic E-state index is -0.316. The second-order valence-electron chi connectivity index (χ2n) is 5.59. The van der Waals surface area contributed by atoms with Gasteiger partial charge in [0.25, 0.3) is 5.91 Å². The van der Waals surface area contributed by atoms with Crippen molar-refractivity contribution < 1.29 is 7.65 Å². The van der Waals surface area contributed by atoms with Crippen molar-refractivity contribution in [3.63, 3.8) is 0 Å². The largest absolute Gasteiger partial charge is 0.345 e. The van der Waals surface area contributed by atoms with E-state index in [1.165, 1.54) is 0 Å². The summed E-state index contributed by atoms with van der Waals surface area (Å²) in [5.74, 6) is 0.112. The van der Waals surface area contributed by atoms with Crippen molar-refractivity contribution in [1.82, 2.24) is 15.0 Å². The minimum Gasteiger partial charge on any atom is -0.345 e. The maximum absolute atomic E-state index is 12.4. The number of aromatic amines is 1. The van der Waals surface area contributed by atoms with Crippen molar-refractivity contribution in [2.75, 3.05) is 5.32 Å². The third-order valence-corrected chi connectivity index (χ3v) is 4.42. The third-order valence-electron chi connectivity index (χ3n) is 3.88. The number of halogens is 2. The lowest BCUT2D eigenvalue weighted by atomic mass is 10.1. The predicted octanol–water partition coefficient (Wildman–Crippen LogP) is 5.68. The van der Waals surface area contributed by atoms with Gasteiger partial charge in [0.15, 0.2) is 0 Å². The first kappa shape index (κ1) is 16.6. The lowest BCUT2D eigenvalue weighted by Crippen LogP contribution is -2.13. The van der Waals surface area contributed by atoms with Gasteiger partial charge in [-0.15, -0.1) is 0 Å². The number of rotatable bonds is 3. The Kier molecular flexibility index (Phi) is 4.32. The zero-order valence-electron chi connectivity index (χ0n) is 13.3. The highest BCUT2D eigenvalue weighted by Gasteiger charge is 2.13. The summed E-state index contributed by atoms with van der Waals surface area (Å²) < 4.78 is 0. The van der Waals surface area contributed by atoms with Crippen LogP contribution in [-0.2, 0) is 0 Å². The number of amides is 1. The fourth-order valence-electron chi connectivity index (χ4n) is 2.67. The molecule has 0 saturated heterocycles. The van der Waals surface area contributed by atoms with E-state index in [-0.39, 0.29) is 8.76 Å². The Balaban J connectivity index is 0.00000140. The zero-order chi connectivity index (χ0) is 18.1. The van der Waals surface area contributed by atoms with Crippen molar-refractivity contribution >= 4 is 46.0 Å². The minimum absolute atomic E-state index is 0. The van der Waals surface area contributed by atoms with Crippen LogP contribution in [0.4, 0.5) is 5.82 Å². The van der Waals surface area contributed by atoms with Crippen LogP contribution < -0.4 is 5.32 Å². The van der Waals surface area contributed by atoms with E-state index >= 15 is 0 Å². The molecule has 4 aromatic rings. The van der Waals surface area contributed by atoms with Crippen molar-refractivity contribution in [1.29, 1.82) is 0 Å². The molecule has 132 valence electrons. The number of nitrogens with zero attached hydrogens (tertiary/aromatic N) is 2. The lowest BCUT2D eigenvalue weighted by molar-refractivity contribution is 0.102. The average molecular weight is 387 g/mol. The first-order valence-corrected chi connectivity index (χ1v) is 8.53. The summed E-state index contributed by atoms with van der Waals surface area (Å²) in [5, 5.41) is 4.57. The van der Waals surface area contributed by atoms with Gasteiger partial charge < -0.3 is 10.3 Å². The van der Waals surface area contributed by atoms with Crippen LogP contribution in [0.3, 0.4) is 0 Å². The summed E-state index contributed by atoms with van der Waals surface area (Å²) >= 11 is 12.1. The lowest BCUT2D eigenvalue weighted by Gasteiger charge is -2.07. The fraction of sp³-hybridized carbons (Fsp3) is 0. The zero-order valence-corrected chi connectivity index (χ0v) is 14.8. The Morgan fingerprint density at radius 2 is 1.96 bits per heavy atom. The molecule has 1 amide bonds. The van der Waals surface area contributed by atoms with Gasteiger partial charge in [-0.2, -0.15) is 0 Å². The maximum Gasteiger partial charge on any atom is 0.258 e. The van der Waals surface area contributed by atoms with Gasteiger partial charge >= 0.3 is 0 Å². The molecule has 3 aromatic heterocycles. The van der Waals surface area contributed by atoms with Crippen LogP contribution in [0.15, 0.2) is 60.9 Å². The number of benzene rings is 1. The Morgan fingerprint density at radius 1 is 1.12 bits per heavy atom. The van der Waals surface area contributed by atoms with Crippen LogP contribution in [0.5, 0.6) is 0 Å². The van der Waals surface area contributed by atoms with Crippen LogP contribution >= 0.6 is 23.2 Å². The molecule has 0 radical (unpaired) electrons. The highest BCUT2D eigenvalue weighted by Crippen LogP contribution is 2.29. The van der Waals surface area contributed by atoms with E-state index in [0.29, 0.717) is 27.1 Å². The van der Waals surface area contributed by atoms with E-state index in [1.54, 1.807) is 36.5 Å². The van der Waals surface area contributed by atoms with Gasteiger partial charge in [0.05, 0.1) is 21.3 Å². The van der Waals surface area contributed by atoms with E-state index in [0.717, 1.165) is 16.6 Å². The van der Waals surface area contributed by atoms with E-state index < -0.39 is 0 Å². The predicted molar refractivity (Wildman–Crippen MR) is 108 cm³/mol. The number of fused-ring (bicyclic) bond motifs is 1. The van der Waals surface area contributed by atoms with E-state index in [1.807, 2.05) is 24.4 Å². The Hall–Kier alpha value is -2.89. The SMILES string of the molecule is O=C(Nc1cccc(-c2c[nH]c3ncc(Cl)cc23)n1)c1ccccc1Cl.[HH].[HH]. The van der Waals surface area contributed by atoms with Crippen LogP contribution in [0, 0.1) is 0 Å². The van der Waals surface area contributed by atoms with Gasteiger partial charge in [0.1, 0.15) is 11.5 Å². The summed E-state index contributed by atoms with van der Waals surface area (Å²) in [6.45, 7) is 0. The molecule has 7 heteroatoms. The summed E-state index contributed by atoms with van der Waals surface area (Å²) in [7, 11) is 0. The number of aromatic nitrogens is 3. The van der Waals surface area contributed by atoms with Gasteiger partial charge in [-0.1, -0.05) is 41.4 Å². The third kappa shape index (κ3) is 3.14. The monoisotopic (exact) mass is 386 g/mol. The Bertz CT molecular complexity index is 1130. The van der Waals surface area contributed by atoms with Crippen molar-refractivity contribution in [3.8, 4) is 11.3 Å². The Labute approximate surface area is 162 Å². The highest BCUT2D eigenvalue weighted by atomic mass is 35.5. The molecule has 0 aliphatic rings. The average Bonchev–Trinajstić information content (AvgIpc) is 3.05. The second-order valence-corrected chi connectivity index (χ2v) is 6.44. The molecule has 26 heavy (non-hydrogen) atoms. The second kappa shape index (κ2) is 6.78. The molecule has 0 aliphatic heterocycles. The first-order chi connectivity index (χ1) is 12.6. The maximum atomic E-state index is 12.4. The molecule has 0 aliphatic carbocycles. The van der Waals surface area contributed by atoms with Gasteiger partial charge in [0.2, 0.25) is 0 Å². The molecular weight excluding hydrogens is 371 g/mol. The van der Waals surface area contributed by atoms with Gasteiger partial charge in [-0.25, -0.2) is 9.97 Å². The molecule has 3 heterocycles. The molecule has 0 saturated carbocycles. The molecule has 4 rings (SSSR count). The van der Waals surface area contributed by atoms with Gasteiger partial charge in [-0.05, 0) is 30.3 Å². The number of anilines is 1. The quantitative estimate of drug-likeness (QED) is 0.475. The first-order valence-electron chi connectivity index (χ1n) is 7.78. The van der Waals surface area contributed by atoms with Crippen LogP contribution in [0.25, 0.3) is 22.3 Å². The molecule has 0 fully saturated rings. The number of pyridine rings is 2. The van der Waals surface area contributed by atoms with Crippen molar-refractivity contribution in [3.05, 3.63) is 76.5 Å². The highest BCUT2D eigenvalue weighted by molar-refractivity contribution is 6.34. The normalized spacial score (nSPS) is 10.8. The van der Waals surface area contributed by atoms with E-state index in [4.69, 9.17) is 23.2 Å². The molecule has 0 unspecified atom stereocenters. The molecular formula is C19H16Cl2N4O.